The van der Waals surface area contributed by atoms with E-state index in [0.29, 0.717) is 0 Å². The maximum absolute atomic E-state index is 6.06. The van der Waals surface area contributed by atoms with Crippen molar-refractivity contribution >= 4 is 22.9 Å². The minimum absolute atomic E-state index is 0.751. The van der Waals surface area contributed by atoms with Crippen LogP contribution in [0.2, 0.25) is 5.02 Å². The number of rotatable bonds is 4. The number of benzene rings is 1. The quantitative estimate of drug-likeness (QED) is 0.649. The summed E-state index contributed by atoms with van der Waals surface area (Å²) in [7, 11) is 0. The number of aromatic nitrogens is 2. The SMILES string of the molecule is CCc1nc2c(c(-c3ccc(Cl)cc3)n1)CN(Cc1ccsc1)CC2. The van der Waals surface area contributed by atoms with Gasteiger partial charge < -0.3 is 0 Å². The zero-order valence-corrected chi connectivity index (χ0v) is 15.8. The van der Waals surface area contributed by atoms with Crippen molar-refractivity contribution < 1.29 is 0 Å². The van der Waals surface area contributed by atoms with Gasteiger partial charge in [0, 0.05) is 48.6 Å². The molecule has 0 spiro atoms. The van der Waals surface area contributed by atoms with Crippen LogP contribution in [0.4, 0.5) is 0 Å². The van der Waals surface area contributed by atoms with E-state index in [2.05, 4.69) is 40.8 Å². The number of aryl methyl sites for hydroxylation is 1. The van der Waals surface area contributed by atoms with E-state index in [1.807, 2.05) is 12.1 Å². The van der Waals surface area contributed by atoms with Crippen LogP contribution in [0, 0.1) is 0 Å². The fourth-order valence-electron chi connectivity index (χ4n) is 3.30. The Labute approximate surface area is 157 Å². The van der Waals surface area contributed by atoms with Gasteiger partial charge in [0.05, 0.1) is 11.4 Å². The van der Waals surface area contributed by atoms with Gasteiger partial charge in [-0.2, -0.15) is 11.3 Å². The topological polar surface area (TPSA) is 29.0 Å². The first kappa shape index (κ1) is 16.7. The van der Waals surface area contributed by atoms with Gasteiger partial charge in [-0.05, 0) is 34.5 Å². The first-order valence-electron chi connectivity index (χ1n) is 8.61. The van der Waals surface area contributed by atoms with Crippen molar-refractivity contribution in [3.05, 3.63) is 68.8 Å². The third kappa shape index (κ3) is 3.61. The van der Waals surface area contributed by atoms with E-state index in [0.717, 1.165) is 54.6 Å². The smallest absolute Gasteiger partial charge is 0.129 e. The summed E-state index contributed by atoms with van der Waals surface area (Å²) in [4.78, 5) is 12.1. The molecule has 0 amide bonds. The molecule has 3 aromatic rings. The second-order valence-electron chi connectivity index (χ2n) is 6.37. The highest BCUT2D eigenvalue weighted by molar-refractivity contribution is 7.07. The molecule has 0 saturated carbocycles. The fraction of sp³-hybridized carbons (Fsp3) is 0.300. The molecule has 0 unspecified atom stereocenters. The highest BCUT2D eigenvalue weighted by atomic mass is 35.5. The van der Waals surface area contributed by atoms with Crippen molar-refractivity contribution in [2.75, 3.05) is 6.54 Å². The monoisotopic (exact) mass is 369 g/mol. The number of nitrogens with zero attached hydrogens (tertiary/aromatic N) is 3. The van der Waals surface area contributed by atoms with Gasteiger partial charge in [-0.25, -0.2) is 9.97 Å². The van der Waals surface area contributed by atoms with Crippen LogP contribution in [0.15, 0.2) is 41.1 Å². The Morgan fingerprint density at radius 3 is 2.72 bits per heavy atom. The Kier molecular flexibility index (Phi) is 4.84. The van der Waals surface area contributed by atoms with E-state index >= 15 is 0 Å². The lowest BCUT2D eigenvalue weighted by molar-refractivity contribution is 0.243. The normalized spacial score (nSPS) is 14.5. The number of thiophene rings is 1. The zero-order valence-electron chi connectivity index (χ0n) is 14.2. The molecule has 4 rings (SSSR count). The van der Waals surface area contributed by atoms with Gasteiger partial charge in [-0.3, -0.25) is 4.90 Å². The Morgan fingerprint density at radius 1 is 1.16 bits per heavy atom. The van der Waals surface area contributed by atoms with Crippen molar-refractivity contribution in [2.24, 2.45) is 0 Å². The summed E-state index contributed by atoms with van der Waals surface area (Å²) in [5.74, 6) is 0.926. The number of hydrogen-bond donors (Lipinski definition) is 0. The standard InChI is InChI=1S/C20H20ClN3S/c1-2-19-22-18-7-9-24(11-14-8-10-25-13-14)12-17(18)20(23-19)15-3-5-16(21)6-4-15/h3-6,8,10,13H,2,7,9,11-12H2,1H3. The van der Waals surface area contributed by atoms with Gasteiger partial charge in [0.15, 0.2) is 0 Å². The van der Waals surface area contributed by atoms with E-state index in [4.69, 9.17) is 21.6 Å². The molecule has 1 aliphatic rings. The Hall–Kier alpha value is -1.75. The number of fused-ring (bicyclic) bond motifs is 1. The highest BCUT2D eigenvalue weighted by Gasteiger charge is 2.23. The molecule has 0 bridgehead atoms. The summed E-state index contributed by atoms with van der Waals surface area (Å²) in [5, 5.41) is 5.12. The molecule has 3 nitrogen and oxygen atoms in total. The second-order valence-corrected chi connectivity index (χ2v) is 7.58. The Bertz CT molecular complexity index is 859. The van der Waals surface area contributed by atoms with Crippen LogP contribution in [-0.2, 0) is 25.9 Å². The summed E-state index contributed by atoms with van der Waals surface area (Å²) in [6, 6.07) is 10.2. The Balaban J connectivity index is 1.70. The third-order valence-electron chi connectivity index (χ3n) is 4.61. The summed E-state index contributed by atoms with van der Waals surface area (Å²) in [6.07, 6.45) is 1.84. The van der Waals surface area contributed by atoms with Crippen molar-refractivity contribution in [3.8, 4) is 11.3 Å². The van der Waals surface area contributed by atoms with Crippen LogP contribution >= 0.6 is 22.9 Å². The molecule has 3 heterocycles. The summed E-state index contributed by atoms with van der Waals surface area (Å²) < 4.78 is 0. The van der Waals surface area contributed by atoms with Gasteiger partial charge >= 0.3 is 0 Å². The van der Waals surface area contributed by atoms with Gasteiger partial charge in [-0.15, -0.1) is 0 Å². The van der Waals surface area contributed by atoms with Crippen LogP contribution < -0.4 is 0 Å². The lowest BCUT2D eigenvalue weighted by Gasteiger charge is -2.29. The highest BCUT2D eigenvalue weighted by Crippen LogP contribution is 2.30. The van der Waals surface area contributed by atoms with E-state index in [9.17, 15) is 0 Å². The van der Waals surface area contributed by atoms with E-state index in [-0.39, 0.29) is 0 Å². The average molecular weight is 370 g/mol. The molecule has 2 aromatic heterocycles. The molecule has 0 atom stereocenters. The number of halogens is 1. The maximum Gasteiger partial charge on any atom is 0.129 e. The van der Waals surface area contributed by atoms with Gasteiger partial charge in [0.1, 0.15) is 5.82 Å². The third-order valence-corrected chi connectivity index (χ3v) is 5.59. The minimum atomic E-state index is 0.751. The van der Waals surface area contributed by atoms with Crippen LogP contribution in [0.5, 0.6) is 0 Å². The van der Waals surface area contributed by atoms with Gasteiger partial charge in [-0.1, -0.05) is 30.7 Å². The molecule has 0 fully saturated rings. The van der Waals surface area contributed by atoms with Gasteiger partial charge in [0.25, 0.3) is 0 Å². The lowest BCUT2D eigenvalue weighted by Crippen LogP contribution is -2.31. The molecule has 128 valence electrons. The molecule has 0 N–H and O–H groups in total. The summed E-state index contributed by atoms with van der Waals surface area (Å²) in [6.45, 7) is 5.04. The predicted molar refractivity (Wildman–Crippen MR) is 104 cm³/mol. The lowest BCUT2D eigenvalue weighted by atomic mass is 9.98. The molecule has 0 radical (unpaired) electrons. The van der Waals surface area contributed by atoms with Crippen molar-refractivity contribution in [1.29, 1.82) is 0 Å². The molecule has 5 heteroatoms. The maximum atomic E-state index is 6.06. The van der Waals surface area contributed by atoms with Crippen molar-refractivity contribution in [2.45, 2.75) is 32.9 Å². The van der Waals surface area contributed by atoms with Crippen molar-refractivity contribution in [3.63, 3.8) is 0 Å². The second kappa shape index (κ2) is 7.24. The summed E-state index contributed by atoms with van der Waals surface area (Å²) >= 11 is 7.82. The molecular formula is C20H20ClN3S. The Morgan fingerprint density at radius 2 is 2.00 bits per heavy atom. The van der Waals surface area contributed by atoms with Crippen molar-refractivity contribution in [1.82, 2.24) is 14.9 Å². The van der Waals surface area contributed by atoms with Crippen LogP contribution in [0.25, 0.3) is 11.3 Å². The average Bonchev–Trinajstić information content (AvgIpc) is 3.14. The summed E-state index contributed by atoms with van der Waals surface area (Å²) in [5.41, 5.74) is 6.04. The van der Waals surface area contributed by atoms with Crippen LogP contribution in [0.3, 0.4) is 0 Å². The van der Waals surface area contributed by atoms with E-state index < -0.39 is 0 Å². The zero-order chi connectivity index (χ0) is 17.2. The fourth-order valence-corrected chi connectivity index (χ4v) is 4.09. The number of hydrogen-bond acceptors (Lipinski definition) is 4. The van der Waals surface area contributed by atoms with E-state index in [1.165, 1.54) is 16.8 Å². The molecular weight excluding hydrogens is 350 g/mol. The van der Waals surface area contributed by atoms with Crippen LogP contribution in [0.1, 0.15) is 29.6 Å². The minimum Gasteiger partial charge on any atom is -0.294 e. The molecule has 1 aliphatic heterocycles. The molecule has 0 aliphatic carbocycles. The molecule has 1 aromatic carbocycles. The first-order valence-corrected chi connectivity index (χ1v) is 9.93. The van der Waals surface area contributed by atoms with Gasteiger partial charge in [0.2, 0.25) is 0 Å². The van der Waals surface area contributed by atoms with Crippen LogP contribution in [-0.4, -0.2) is 21.4 Å². The molecule has 0 saturated heterocycles. The first-order chi connectivity index (χ1) is 12.2. The predicted octanol–water partition coefficient (Wildman–Crippen LogP) is 4.98. The largest absolute Gasteiger partial charge is 0.294 e. The molecule has 25 heavy (non-hydrogen) atoms. The van der Waals surface area contributed by atoms with E-state index in [1.54, 1.807) is 11.3 Å².